The number of anilines is 1. The Balaban J connectivity index is 1.84. The second-order valence-electron chi connectivity index (χ2n) is 8.76. The van der Waals surface area contributed by atoms with Crippen molar-refractivity contribution >= 4 is 33.9 Å². The highest BCUT2D eigenvalue weighted by molar-refractivity contribution is 7.80. The summed E-state index contributed by atoms with van der Waals surface area (Å²) in [5.41, 5.74) is 6.02. The quantitative estimate of drug-likeness (QED) is 0.416. The molecule has 176 valence electrons. The first-order chi connectivity index (χ1) is 15.8. The van der Waals surface area contributed by atoms with E-state index < -0.39 is 0 Å². The molecule has 0 atom stereocenters. The number of benzene rings is 2. The maximum absolute atomic E-state index is 12.9. The molecule has 0 spiro atoms. The van der Waals surface area contributed by atoms with Crippen molar-refractivity contribution in [2.45, 2.75) is 47.6 Å². The van der Waals surface area contributed by atoms with Crippen LogP contribution < -0.4 is 10.9 Å². The minimum Gasteiger partial charge on any atom is -0.344 e. The van der Waals surface area contributed by atoms with Gasteiger partial charge in [0.15, 0.2) is 5.11 Å². The lowest BCUT2D eigenvalue weighted by atomic mass is 10.0. The highest BCUT2D eigenvalue weighted by Crippen LogP contribution is 2.19. The zero-order valence-corrected chi connectivity index (χ0v) is 21.3. The Labute approximate surface area is 202 Å². The lowest BCUT2D eigenvalue weighted by molar-refractivity contribution is 0.281. The summed E-state index contributed by atoms with van der Waals surface area (Å²) in [6.45, 7) is 14.9. The minimum absolute atomic E-state index is 0.0561. The van der Waals surface area contributed by atoms with E-state index in [0.29, 0.717) is 11.7 Å². The summed E-state index contributed by atoms with van der Waals surface area (Å²) in [5.74, 6) is 0. The Morgan fingerprint density at radius 3 is 2.33 bits per heavy atom. The van der Waals surface area contributed by atoms with Gasteiger partial charge in [-0.25, -0.2) is 0 Å². The molecule has 0 unspecified atom stereocenters. The third-order valence-corrected chi connectivity index (χ3v) is 6.50. The van der Waals surface area contributed by atoms with Gasteiger partial charge in [-0.05, 0) is 94.4 Å². The van der Waals surface area contributed by atoms with Gasteiger partial charge in [0.2, 0.25) is 0 Å². The highest BCUT2D eigenvalue weighted by atomic mass is 32.1. The van der Waals surface area contributed by atoms with E-state index in [-0.39, 0.29) is 5.56 Å². The lowest BCUT2D eigenvalue weighted by Gasteiger charge is -2.27. The monoisotopic (exact) mass is 464 g/mol. The van der Waals surface area contributed by atoms with Crippen LogP contribution in [0.25, 0.3) is 10.9 Å². The van der Waals surface area contributed by atoms with Gasteiger partial charge in [-0.1, -0.05) is 37.6 Å². The normalized spacial score (nSPS) is 11.2. The third kappa shape index (κ3) is 6.65. The van der Waals surface area contributed by atoms with Crippen LogP contribution in [0.15, 0.2) is 47.3 Å². The van der Waals surface area contributed by atoms with Crippen molar-refractivity contribution in [3.8, 4) is 0 Å². The number of thiocarbonyl (C=S) groups is 1. The van der Waals surface area contributed by atoms with Crippen molar-refractivity contribution < 1.29 is 0 Å². The van der Waals surface area contributed by atoms with Crippen LogP contribution in [0.3, 0.4) is 0 Å². The lowest BCUT2D eigenvalue weighted by Crippen LogP contribution is -2.38. The first kappa shape index (κ1) is 24.9. The largest absolute Gasteiger partial charge is 0.344 e. The molecule has 2 N–H and O–H groups in total. The van der Waals surface area contributed by atoms with E-state index in [4.69, 9.17) is 12.2 Å². The van der Waals surface area contributed by atoms with Crippen molar-refractivity contribution in [3.05, 3.63) is 75.1 Å². The van der Waals surface area contributed by atoms with Gasteiger partial charge in [-0.15, -0.1) is 0 Å². The summed E-state index contributed by atoms with van der Waals surface area (Å²) in [6.07, 6.45) is 0.973. The Kier molecular flexibility index (Phi) is 8.64. The second kappa shape index (κ2) is 11.4. The van der Waals surface area contributed by atoms with Crippen molar-refractivity contribution in [1.82, 2.24) is 14.8 Å². The van der Waals surface area contributed by atoms with E-state index in [1.54, 1.807) is 0 Å². The van der Waals surface area contributed by atoms with Crippen molar-refractivity contribution in [2.24, 2.45) is 0 Å². The van der Waals surface area contributed by atoms with Gasteiger partial charge in [-0.3, -0.25) is 4.79 Å². The van der Waals surface area contributed by atoms with E-state index in [2.05, 4.69) is 66.0 Å². The summed E-state index contributed by atoms with van der Waals surface area (Å²) >= 11 is 5.80. The molecular weight excluding hydrogens is 428 g/mol. The molecule has 0 saturated carbocycles. The Morgan fingerprint density at radius 1 is 0.970 bits per heavy atom. The van der Waals surface area contributed by atoms with E-state index >= 15 is 0 Å². The van der Waals surface area contributed by atoms with Crippen LogP contribution in [0, 0.1) is 20.8 Å². The van der Waals surface area contributed by atoms with E-state index in [0.717, 1.165) is 65.9 Å². The van der Waals surface area contributed by atoms with E-state index in [9.17, 15) is 4.79 Å². The van der Waals surface area contributed by atoms with Crippen molar-refractivity contribution in [1.29, 1.82) is 0 Å². The molecular formula is C27H36N4OS. The van der Waals surface area contributed by atoms with Gasteiger partial charge < -0.3 is 20.1 Å². The van der Waals surface area contributed by atoms with Gasteiger partial charge in [0.1, 0.15) is 0 Å². The van der Waals surface area contributed by atoms with Gasteiger partial charge >= 0.3 is 0 Å². The SMILES string of the molecule is CCN(CC)CCCN(Cc1cc2c(C)cc(C)cc2[nH]c1=O)C(=S)Nc1ccc(C)cc1. The fraction of sp³-hybridized carbons (Fsp3) is 0.407. The predicted octanol–water partition coefficient (Wildman–Crippen LogP) is 5.38. The number of aryl methyl sites for hydroxylation is 3. The number of aromatic nitrogens is 1. The van der Waals surface area contributed by atoms with Gasteiger partial charge in [0.25, 0.3) is 5.56 Å². The van der Waals surface area contributed by atoms with Gasteiger partial charge in [0, 0.05) is 28.7 Å². The number of hydrogen-bond donors (Lipinski definition) is 2. The molecule has 1 heterocycles. The Bertz CT molecular complexity index is 1150. The molecule has 3 aromatic rings. The predicted molar refractivity (Wildman–Crippen MR) is 144 cm³/mol. The number of aromatic amines is 1. The smallest absolute Gasteiger partial charge is 0.253 e. The maximum atomic E-state index is 12.9. The van der Waals surface area contributed by atoms with Crippen LogP contribution in [0.1, 0.15) is 42.5 Å². The van der Waals surface area contributed by atoms with Gasteiger partial charge in [-0.2, -0.15) is 0 Å². The van der Waals surface area contributed by atoms with Crippen LogP contribution in [0.4, 0.5) is 5.69 Å². The minimum atomic E-state index is -0.0561. The van der Waals surface area contributed by atoms with Crippen LogP contribution >= 0.6 is 12.2 Å². The zero-order valence-electron chi connectivity index (χ0n) is 20.5. The van der Waals surface area contributed by atoms with Crippen molar-refractivity contribution in [2.75, 3.05) is 31.5 Å². The molecule has 0 radical (unpaired) electrons. The number of nitrogens with zero attached hydrogens (tertiary/aromatic N) is 2. The van der Waals surface area contributed by atoms with Crippen LogP contribution in [0.5, 0.6) is 0 Å². The average Bonchev–Trinajstić information content (AvgIpc) is 2.78. The van der Waals surface area contributed by atoms with E-state index in [1.165, 1.54) is 5.56 Å². The molecule has 3 rings (SSSR count). The fourth-order valence-electron chi connectivity index (χ4n) is 4.16. The Hall–Kier alpha value is -2.70. The molecule has 2 aromatic carbocycles. The fourth-order valence-corrected chi connectivity index (χ4v) is 4.43. The number of hydrogen-bond acceptors (Lipinski definition) is 3. The summed E-state index contributed by atoms with van der Waals surface area (Å²) in [7, 11) is 0. The maximum Gasteiger partial charge on any atom is 0.253 e. The van der Waals surface area contributed by atoms with Crippen LogP contribution in [-0.4, -0.2) is 46.1 Å². The zero-order chi connectivity index (χ0) is 24.0. The molecule has 0 aliphatic heterocycles. The third-order valence-electron chi connectivity index (χ3n) is 6.14. The number of rotatable bonds is 9. The molecule has 6 heteroatoms. The number of pyridine rings is 1. The molecule has 0 aliphatic rings. The first-order valence-electron chi connectivity index (χ1n) is 11.8. The van der Waals surface area contributed by atoms with Crippen molar-refractivity contribution in [3.63, 3.8) is 0 Å². The summed E-state index contributed by atoms with van der Waals surface area (Å²) in [6, 6.07) is 14.4. The number of H-pyrrole nitrogens is 1. The number of fused-ring (bicyclic) bond motifs is 1. The molecule has 0 amide bonds. The summed E-state index contributed by atoms with van der Waals surface area (Å²) < 4.78 is 0. The van der Waals surface area contributed by atoms with Gasteiger partial charge in [0.05, 0.1) is 6.54 Å². The molecule has 0 aliphatic carbocycles. The summed E-state index contributed by atoms with van der Waals surface area (Å²) in [5, 5.41) is 5.08. The first-order valence-corrected chi connectivity index (χ1v) is 12.2. The van der Waals surface area contributed by atoms with E-state index in [1.807, 2.05) is 31.2 Å². The number of nitrogens with one attached hydrogen (secondary N) is 2. The highest BCUT2D eigenvalue weighted by Gasteiger charge is 2.15. The average molecular weight is 465 g/mol. The van der Waals surface area contributed by atoms with Crippen LogP contribution in [0.2, 0.25) is 0 Å². The molecule has 0 saturated heterocycles. The molecule has 5 nitrogen and oxygen atoms in total. The molecule has 0 bridgehead atoms. The molecule has 1 aromatic heterocycles. The standard InChI is InChI=1S/C27H36N4OS/c1-6-30(7-2)13-8-14-31(27(33)28-23-11-9-19(3)10-12-23)18-22-17-24-21(5)15-20(4)16-25(24)29-26(22)32/h9-12,15-17H,6-8,13-14,18H2,1-5H3,(H,28,33)(H,29,32). The van der Waals surface area contributed by atoms with Crippen LogP contribution in [-0.2, 0) is 6.54 Å². The molecule has 0 fully saturated rings. The Morgan fingerprint density at radius 2 is 1.67 bits per heavy atom. The molecule has 33 heavy (non-hydrogen) atoms. The second-order valence-corrected chi connectivity index (χ2v) is 9.15. The topological polar surface area (TPSA) is 51.4 Å². The summed E-state index contributed by atoms with van der Waals surface area (Å²) in [4.78, 5) is 20.5.